The molecule has 0 aliphatic heterocycles. The zero-order valence-corrected chi connectivity index (χ0v) is 10.4. The first-order valence-electron chi connectivity index (χ1n) is 4.84. The van der Waals surface area contributed by atoms with Crippen molar-refractivity contribution in [2.24, 2.45) is 5.41 Å². The Hall–Kier alpha value is -1.30. The van der Waals surface area contributed by atoms with Crippen molar-refractivity contribution in [1.29, 1.82) is 0 Å². The van der Waals surface area contributed by atoms with Crippen LogP contribution in [0.3, 0.4) is 0 Å². The number of aromatic hydroxyl groups is 1. The number of nitrogens with zero attached hydrogens (tertiary/aromatic N) is 1. The lowest BCUT2D eigenvalue weighted by molar-refractivity contribution is 0.461. The average molecular weight is 244 g/mol. The maximum absolute atomic E-state index is 11.7. The molecule has 0 radical (unpaired) electrons. The zero-order valence-electron chi connectivity index (χ0n) is 9.56. The van der Waals surface area contributed by atoms with Crippen LogP contribution in [-0.2, 0) is 10.0 Å². The molecule has 5 nitrogen and oxygen atoms in total. The molecule has 0 spiro atoms. The number of nitrogens with one attached hydrogen (secondary N) is 1. The van der Waals surface area contributed by atoms with E-state index in [0.717, 1.165) is 0 Å². The maximum Gasteiger partial charge on any atom is 0.234 e. The van der Waals surface area contributed by atoms with Gasteiger partial charge in [0.25, 0.3) is 0 Å². The summed E-state index contributed by atoms with van der Waals surface area (Å²) < 4.78 is 25.7. The van der Waals surface area contributed by atoms with Crippen LogP contribution in [0.4, 0.5) is 5.82 Å². The summed E-state index contributed by atoms with van der Waals surface area (Å²) in [6.45, 7) is 5.47. The van der Waals surface area contributed by atoms with Crippen LogP contribution < -0.4 is 4.72 Å². The molecular weight excluding hydrogens is 228 g/mol. The molecule has 1 aromatic rings. The van der Waals surface area contributed by atoms with Crippen molar-refractivity contribution >= 4 is 15.8 Å². The van der Waals surface area contributed by atoms with E-state index in [4.69, 9.17) is 0 Å². The van der Waals surface area contributed by atoms with E-state index in [9.17, 15) is 13.5 Å². The molecule has 90 valence electrons. The lowest BCUT2D eigenvalue weighted by Gasteiger charge is -2.18. The molecular formula is C10H16N2O3S. The molecule has 2 N–H and O–H groups in total. The minimum atomic E-state index is -3.49. The molecule has 0 bridgehead atoms. The standard InChI is InChI=1S/C10H16N2O3S/c1-10(2,3)7-16(14,15)12-9-8(13)5-4-6-11-9/h4-6,13H,7H2,1-3H3,(H,11,12). The van der Waals surface area contributed by atoms with Gasteiger partial charge in [-0.1, -0.05) is 20.8 Å². The van der Waals surface area contributed by atoms with Crippen molar-refractivity contribution in [1.82, 2.24) is 4.98 Å². The summed E-state index contributed by atoms with van der Waals surface area (Å²) in [7, 11) is -3.49. The smallest absolute Gasteiger partial charge is 0.234 e. The Kier molecular flexibility index (Phi) is 3.42. The van der Waals surface area contributed by atoms with Crippen LogP contribution in [0.5, 0.6) is 5.75 Å². The molecule has 0 fully saturated rings. The van der Waals surface area contributed by atoms with E-state index in [0.29, 0.717) is 0 Å². The second kappa shape index (κ2) is 4.29. The zero-order chi connectivity index (χ0) is 12.4. The first kappa shape index (κ1) is 12.8. The van der Waals surface area contributed by atoms with Crippen LogP contribution in [0.1, 0.15) is 20.8 Å². The fourth-order valence-electron chi connectivity index (χ4n) is 1.23. The topological polar surface area (TPSA) is 79.3 Å². The molecule has 0 aromatic carbocycles. The first-order valence-corrected chi connectivity index (χ1v) is 6.49. The summed E-state index contributed by atoms with van der Waals surface area (Å²) >= 11 is 0. The Balaban J connectivity index is 2.86. The van der Waals surface area contributed by atoms with E-state index in [1.807, 2.05) is 20.8 Å². The largest absolute Gasteiger partial charge is 0.504 e. The predicted molar refractivity (Wildman–Crippen MR) is 62.8 cm³/mol. The van der Waals surface area contributed by atoms with Crippen molar-refractivity contribution in [2.45, 2.75) is 20.8 Å². The van der Waals surface area contributed by atoms with Gasteiger partial charge in [-0.15, -0.1) is 0 Å². The van der Waals surface area contributed by atoms with Gasteiger partial charge in [0.05, 0.1) is 5.75 Å². The van der Waals surface area contributed by atoms with Gasteiger partial charge in [-0.3, -0.25) is 4.72 Å². The van der Waals surface area contributed by atoms with Crippen LogP contribution in [0, 0.1) is 5.41 Å². The maximum atomic E-state index is 11.7. The van der Waals surface area contributed by atoms with Gasteiger partial charge in [-0.25, -0.2) is 13.4 Å². The summed E-state index contributed by atoms with van der Waals surface area (Å²) in [6.07, 6.45) is 1.41. The van der Waals surface area contributed by atoms with Gasteiger partial charge in [0.15, 0.2) is 11.6 Å². The van der Waals surface area contributed by atoms with Crippen LogP contribution in [0.2, 0.25) is 0 Å². The third-order valence-electron chi connectivity index (χ3n) is 1.66. The number of pyridine rings is 1. The van der Waals surface area contributed by atoms with Gasteiger partial charge < -0.3 is 5.11 Å². The van der Waals surface area contributed by atoms with E-state index in [1.54, 1.807) is 0 Å². The number of sulfonamides is 1. The number of hydrogen-bond donors (Lipinski definition) is 2. The molecule has 0 saturated heterocycles. The fourth-order valence-corrected chi connectivity index (χ4v) is 2.89. The molecule has 0 atom stereocenters. The molecule has 6 heteroatoms. The quantitative estimate of drug-likeness (QED) is 0.846. The lowest BCUT2D eigenvalue weighted by Crippen LogP contribution is -2.26. The minimum Gasteiger partial charge on any atom is -0.504 e. The molecule has 1 heterocycles. The van der Waals surface area contributed by atoms with E-state index in [-0.39, 0.29) is 22.7 Å². The molecule has 0 amide bonds. The van der Waals surface area contributed by atoms with E-state index in [2.05, 4.69) is 9.71 Å². The highest BCUT2D eigenvalue weighted by molar-refractivity contribution is 7.92. The monoisotopic (exact) mass is 244 g/mol. The summed E-state index contributed by atoms with van der Waals surface area (Å²) in [5.74, 6) is -0.248. The Bertz CT molecular complexity index is 463. The SMILES string of the molecule is CC(C)(C)CS(=O)(=O)Nc1ncccc1O. The van der Waals surface area contributed by atoms with Crippen LogP contribution >= 0.6 is 0 Å². The van der Waals surface area contributed by atoms with Crippen molar-refractivity contribution in [3.8, 4) is 5.75 Å². The van der Waals surface area contributed by atoms with Gasteiger partial charge in [0, 0.05) is 6.20 Å². The van der Waals surface area contributed by atoms with Gasteiger partial charge in [0.2, 0.25) is 10.0 Å². The summed E-state index contributed by atoms with van der Waals surface area (Å²) in [5, 5.41) is 9.38. The molecule has 16 heavy (non-hydrogen) atoms. The lowest BCUT2D eigenvalue weighted by atomic mass is 10.0. The van der Waals surface area contributed by atoms with Gasteiger partial charge in [0.1, 0.15) is 0 Å². The van der Waals surface area contributed by atoms with Crippen molar-refractivity contribution in [3.63, 3.8) is 0 Å². The number of hydrogen-bond acceptors (Lipinski definition) is 4. The number of aromatic nitrogens is 1. The Morgan fingerprint density at radius 1 is 1.44 bits per heavy atom. The van der Waals surface area contributed by atoms with Crippen molar-refractivity contribution < 1.29 is 13.5 Å². The van der Waals surface area contributed by atoms with Crippen LogP contribution in [0.25, 0.3) is 0 Å². The minimum absolute atomic E-state index is 0.0317. The van der Waals surface area contributed by atoms with Gasteiger partial charge >= 0.3 is 0 Å². The van der Waals surface area contributed by atoms with E-state index in [1.165, 1.54) is 18.3 Å². The number of anilines is 1. The number of rotatable bonds is 3. The average Bonchev–Trinajstić information content (AvgIpc) is 2.04. The highest BCUT2D eigenvalue weighted by Crippen LogP contribution is 2.22. The normalized spacial score (nSPS) is 12.4. The highest BCUT2D eigenvalue weighted by atomic mass is 32.2. The second-order valence-corrected chi connectivity index (χ2v) is 6.52. The second-order valence-electron chi connectivity index (χ2n) is 4.79. The molecule has 1 rings (SSSR count). The Morgan fingerprint density at radius 2 is 2.06 bits per heavy atom. The summed E-state index contributed by atoms with van der Waals surface area (Å²) in [5.41, 5.74) is -0.351. The van der Waals surface area contributed by atoms with Crippen molar-refractivity contribution in [2.75, 3.05) is 10.5 Å². The third kappa shape index (κ3) is 4.06. The van der Waals surface area contributed by atoms with Crippen LogP contribution in [0.15, 0.2) is 18.3 Å². The predicted octanol–water partition coefficient (Wildman–Crippen LogP) is 1.57. The Morgan fingerprint density at radius 3 is 2.56 bits per heavy atom. The molecule has 0 aliphatic carbocycles. The molecule has 0 aliphatic rings. The first-order chi connectivity index (χ1) is 7.20. The summed E-state index contributed by atoms with van der Waals surface area (Å²) in [4.78, 5) is 3.75. The third-order valence-corrected chi connectivity index (χ3v) is 3.41. The Labute approximate surface area is 95.6 Å². The van der Waals surface area contributed by atoms with Crippen LogP contribution in [-0.4, -0.2) is 24.3 Å². The summed E-state index contributed by atoms with van der Waals surface area (Å²) in [6, 6.07) is 2.90. The highest BCUT2D eigenvalue weighted by Gasteiger charge is 2.22. The van der Waals surface area contributed by atoms with E-state index < -0.39 is 10.0 Å². The van der Waals surface area contributed by atoms with Gasteiger partial charge in [-0.2, -0.15) is 0 Å². The fraction of sp³-hybridized carbons (Fsp3) is 0.500. The molecule has 1 aromatic heterocycles. The van der Waals surface area contributed by atoms with E-state index >= 15 is 0 Å². The van der Waals surface area contributed by atoms with Crippen molar-refractivity contribution in [3.05, 3.63) is 18.3 Å². The molecule has 0 saturated carbocycles. The molecule has 0 unspecified atom stereocenters. The van der Waals surface area contributed by atoms with Gasteiger partial charge in [-0.05, 0) is 17.5 Å².